The Balaban J connectivity index is 1.63. The Morgan fingerprint density at radius 3 is 3.00 bits per heavy atom. The van der Waals surface area contributed by atoms with Crippen LogP contribution < -0.4 is 5.32 Å². The Labute approximate surface area is 97.0 Å². The number of aromatic nitrogens is 2. The van der Waals surface area contributed by atoms with Crippen molar-refractivity contribution in [2.75, 3.05) is 6.54 Å². The van der Waals surface area contributed by atoms with E-state index in [2.05, 4.69) is 15.5 Å². The van der Waals surface area contributed by atoms with E-state index in [0.29, 0.717) is 0 Å². The third-order valence-corrected chi connectivity index (χ3v) is 4.03. The first-order valence-corrected chi connectivity index (χ1v) is 6.72. The minimum atomic E-state index is 0.746. The first-order chi connectivity index (χ1) is 7.93. The molecule has 0 amide bonds. The van der Waals surface area contributed by atoms with Crippen molar-refractivity contribution in [3.8, 4) is 0 Å². The van der Waals surface area contributed by atoms with Gasteiger partial charge in [0.1, 0.15) is 0 Å². The molecule has 1 saturated heterocycles. The van der Waals surface area contributed by atoms with Crippen molar-refractivity contribution >= 4 is 0 Å². The van der Waals surface area contributed by atoms with E-state index in [1.165, 1.54) is 62.9 Å². The van der Waals surface area contributed by atoms with Crippen LogP contribution in [-0.2, 0) is 19.3 Å². The van der Waals surface area contributed by atoms with E-state index < -0.39 is 0 Å². The highest BCUT2D eigenvalue weighted by atomic mass is 15.1. The molecule has 3 rings (SSSR count). The van der Waals surface area contributed by atoms with E-state index >= 15 is 0 Å². The van der Waals surface area contributed by atoms with Crippen LogP contribution >= 0.6 is 0 Å². The van der Waals surface area contributed by atoms with Gasteiger partial charge >= 0.3 is 0 Å². The van der Waals surface area contributed by atoms with Crippen LogP contribution in [0.25, 0.3) is 0 Å². The number of aryl methyl sites for hydroxylation is 2. The summed E-state index contributed by atoms with van der Waals surface area (Å²) < 4.78 is 0. The van der Waals surface area contributed by atoms with Crippen LogP contribution in [0.5, 0.6) is 0 Å². The second-order valence-electron chi connectivity index (χ2n) is 5.17. The average molecular weight is 219 g/mol. The van der Waals surface area contributed by atoms with Crippen molar-refractivity contribution in [3.05, 3.63) is 17.0 Å². The lowest BCUT2D eigenvalue weighted by Gasteiger charge is -2.12. The quantitative estimate of drug-likeness (QED) is 0.816. The molecule has 88 valence electrons. The topological polar surface area (TPSA) is 40.7 Å². The molecule has 0 bridgehead atoms. The largest absolute Gasteiger partial charge is 0.314 e. The Hall–Kier alpha value is -0.830. The van der Waals surface area contributed by atoms with Crippen molar-refractivity contribution in [1.82, 2.24) is 15.5 Å². The molecule has 2 aliphatic rings. The van der Waals surface area contributed by atoms with E-state index in [1.807, 2.05) is 0 Å². The predicted molar refractivity (Wildman–Crippen MR) is 64.6 cm³/mol. The van der Waals surface area contributed by atoms with Crippen LogP contribution in [0.2, 0.25) is 0 Å². The van der Waals surface area contributed by atoms with Gasteiger partial charge in [-0.1, -0.05) is 0 Å². The maximum atomic E-state index is 4.51. The summed E-state index contributed by atoms with van der Waals surface area (Å²) in [4.78, 5) is 0. The highest BCUT2D eigenvalue weighted by Gasteiger charge is 2.19. The Kier molecular flexibility index (Phi) is 2.96. The molecule has 1 aromatic heterocycles. The number of aromatic amines is 1. The van der Waals surface area contributed by atoms with Gasteiger partial charge in [0.05, 0.1) is 5.69 Å². The number of hydrogen-bond acceptors (Lipinski definition) is 2. The SMILES string of the molecule is C1CCc2c(CCC3CCCN3)n[nH]c2C1. The van der Waals surface area contributed by atoms with Gasteiger partial charge in [0.15, 0.2) is 0 Å². The maximum Gasteiger partial charge on any atom is 0.0657 e. The molecule has 2 N–H and O–H groups in total. The van der Waals surface area contributed by atoms with E-state index in [1.54, 1.807) is 5.56 Å². The normalized spacial score (nSPS) is 24.6. The van der Waals surface area contributed by atoms with Crippen LogP contribution in [0.1, 0.15) is 49.1 Å². The number of H-pyrrole nitrogens is 1. The highest BCUT2D eigenvalue weighted by molar-refractivity contribution is 5.27. The lowest BCUT2D eigenvalue weighted by molar-refractivity contribution is 0.553. The minimum Gasteiger partial charge on any atom is -0.314 e. The molecule has 0 aromatic carbocycles. The third kappa shape index (κ3) is 2.01. The molecular weight excluding hydrogens is 198 g/mol. The monoisotopic (exact) mass is 219 g/mol. The Morgan fingerprint density at radius 2 is 2.12 bits per heavy atom. The fourth-order valence-corrected chi connectivity index (χ4v) is 3.07. The second-order valence-corrected chi connectivity index (χ2v) is 5.17. The van der Waals surface area contributed by atoms with Gasteiger partial charge in [-0.15, -0.1) is 0 Å². The zero-order valence-corrected chi connectivity index (χ0v) is 9.89. The van der Waals surface area contributed by atoms with Gasteiger partial charge in [0.2, 0.25) is 0 Å². The first-order valence-electron chi connectivity index (χ1n) is 6.72. The molecule has 16 heavy (non-hydrogen) atoms. The number of nitrogens with one attached hydrogen (secondary N) is 2. The van der Waals surface area contributed by atoms with Crippen molar-refractivity contribution in [1.29, 1.82) is 0 Å². The molecule has 1 aliphatic carbocycles. The molecule has 1 aromatic rings. The number of fused-ring (bicyclic) bond motifs is 1. The number of nitrogens with zero attached hydrogens (tertiary/aromatic N) is 1. The zero-order valence-electron chi connectivity index (χ0n) is 9.89. The smallest absolute Gasteiger partial charge is 0.0657 e. The predicted octanol–water partition coefficient (Wildman–Crippen LogP) is 1.97. The molecule has 1 aliphatic heterocycles. The zero-order chi connectivity index (χ0) is 10.8. The third-order valence-electron chi connectivity index (χ3n) is 4.03. The molecule has 0 spiro atoms. The van der Waals surface area contributed by atoms with E-state index in [4.69, 9.17) is 0 Å². The van der Waals surface area contributed by atoms with Gasteiger partial charge in [0.25, 0.3) is 0 Å². The van der Waals surface area contributed by atoms with Gasteiger partial charge in [-0.2, -0.15) is 5.10 Å². The van der Waals surface area contributed by atoms with Crippen LogP contribution in [0, 0.1) is 0 Å². The summed E-state index contributed by atoms with van der Waals surface area (Å²) in [6.45, 7) is 1.21. The van der Waals surface area contributed by atoms with Crippen molar-refractivity contribution in [3.63, 3.8) is 0 Å². The Bertz CT molecular complexity index is 350. The summed E-state index contributed by atoms with van der Waals surface area (Å²) in [5, 5.41) is 11.3. The average Bonchev–Trinajstić information content (AvgIpc) is 2.96. The van der Waals surface area contributed by atoms with Crippen LogP contribution in [0.15, 0.2) is 0 Å². The standard InChI is InChI=1S/C13H21N3/c1-2-6-12-11(5-1)13(16-15-12)8-7-10-4-3-9-14-10/h10,14H,1-9H2,(H,15,16). The number of hydrogen-bond donors (Lipinski definition) is 2. The van der Waals surface area contributed by atoms with E-state index in [9.17, 15) is 0 Å². The van der Waals surface area contributed by atoms with Crippen molar-refractivity contribution in [2.24, 2.45) is 0 Å². The molecule has 3 heteroatoms. The fourth-order valence-electron chi connectivity index (χ4n) is 3.07. The molecule has 2 heterocycles. The van der Waals surface area contributed by atoms with Crippen LogP contribution in [0.3, 0.4) is 0 Å². The van der Waals surface area contributed by atoms with Gasteiger partial charge in [-0.25, -0.2) is 0 Å². The number of rotatable bonds is 3. The summed E-state index contributed by atoms with van der Waals surface area (Å²) >= 11 is 0. The lowest BCUT2D eigenvalue weighted by atomic mass is 9.94. The minimum absolute atomic E-state index is 0.746. The van der Waals surface area contributed by atoms with Gasteiger partial charge in [-0.05, 0) is 63.5 Å². The summed E-state index contributed by atoms with van der Waals surface area (Å²) in [6, 6.07) is 0.746. The molecule has 1 unspecified atom stereocenters. The summed E-state index contributed by atoms with van der Waals surface area (Å²) in [7, 11) is 0. The molecule has 0 radical (unpaired) electrons. The Morgan fingerprint density at radius 1 is 1.19 bits per heavy atom. The van der Waals surface area contributed by atoms with Gasteiger partial charge < -0.3 is 5.32 Å². The maximum absolute atomic E-state index is 4.51. The molecular formula is C13H21N3. The van der Waals surface area contributed by atoms with E-state index in [0.717, 1.165) is 12.5 Å². The van der Waals surface area contributed by atoms with Crippen LogP contribution in [0.4, 0.5) is 0 Å². The lowest BCUT2D eigenvalue weighted by Crippen LogP contribution is -2.22. The molecule has 0 saturated carbocycles. The molecule has 3 nitrogen and oxygen atoms in total. The van der Waals surface area contributed by atoms with Gasteiger partial charge in [-0.3, -0.25) is 5.10 Å². The first kappa shape index (κ1) is 10.3. The van der Waals surface area contributed by atoms with Crippen molar-refractivity contribution < 1.29 is 0 Å². The summed E-state index contributed by atoms with van der Waals surface area (Å²) in [6.07, 6.45) is 10.3. The summed E-state index contributed by atoms with van der Waals surface area (Å²) in [5.41, 5.74) is 4.31. The van der Waals surface area contributed by atoms with Gasteiger partial charge in [0, 0.05) is 11.7 Å². The van der Waals surface area contributed by atoms with E-state index in [-0.39, 0.29) is 0 Å². The van der Waals surface area contributed by atoms with Crippen LogP contribution in [-0.4, -0.2) is 22.8 Å². The second kappa shape index (κ2) is 4.58. The fraction of sp³-hybridized carbons (Fsp3) is 0.769. The summed E-state index contributed by atoms with van der Waals surface area (Å²) in [5.74, 6) is 0. The van der Waals surface area contributed by atoms with Crippen molar-refractivity contribution in [2.45, 2.75) is 57.4 Å². The molecule has 1 atom stereocenters. The molecule has 1 fully saturated rings. The highest BCUT2D eigenvalue weighted by Crippen LogP contribution is 2.23.